The van der Waals surface area contributed by atoms with Crippen LogP contribution in [0, 0.1) is 0 Å². The van der Waals surface area contributed by atoms with Crippen molar-refractivity contribution in [3.05, 3.63) is 60.2 Å². The Labute approximate surface area is 141 Å². The molecule has 2 amide bonds. The molecule has 0 bridgehead atoms. The lowest BCUT2D eigenvalue weighted by atomic mass is 10.1. The van der Waals surface area contributed by atoms with E-state index < -0.39 is 0 Å². The molecule has 3 N–H and O–H groups in total. The van der Waals surface area contributed by atoms with Gasteiger partial charge in [0.25, 0.3) is 5.91 Å². The highest BCUT2D eigenvalue weighted by molar-refractivity contribution is 6.04. The molecule has 0 saturated carbocycles. The normalized spacial score (nSPS) is 16.6. The van der Waals surface area contributed by atoms with Gasteiger partial charge in [-0.2, -0.15) is 0 Å². The Morgan fingerprint density at radius 2 is 1.75 bits per heavy atom. The minimum atomic E-state index is -0.172. The van der Waals surface area contributed by atoms with Crippen molar-refractivity contribution in [2.45, 2.75) is 25.3 Å². The summed E-state index contributed by atoms with van der Waals surface area (Å²) in [5.41, 5.74) is 1.93. The molecule has 1 atom stereocenters. The minimum Gasteiger partial charge on any atom is -0.326 e. The van der Waals surface area contributed by atoms with E-state index in [1.54, 1.807) is 24.3 Å². The van der Waals surface area contributed by atoms with Gasteiger partial charge in [-0.05, 0) is 49.7 Å². The fourth-order valence-electron chi connectivity index (χ4n) is 2.83. The van der Waals surface area contributed by atoms with Crippen LogP contribution in [0.2, 0.25) is 0 Å². The molecular weight excluding hydrogens is 302 g/mol. The number of benzene rings is 2. The van der Waals surface area contributed by atoms with Gasteiger partial charge in [0.05, 0.1) is 0 Å². The fraction of sp³-hybridized carbons (Fsp3) is 0.263. The van der Waals surface area contributed by atoms with Crippen LogP contribution in [0.5, 0.6) is 0 Å². The van der Waals surface area contributed by atoms with Crippen molar-refractivity contribution in [1.29, 1.82) is 0 Å². The lowest BCUT2D eigenvalue weighted by Crippen LogP contribution is -2.27. The first kappa shape index (κ1) is 16.2. The summed E-state index contributed by atoms with van der Waals surface area (Å²) in [7, 11) is 0. The van der Waals surface area contributed by atoms with E-state index in [4.69, 9.17) is 0 Å². The second-order valence-electron chi connectivity index (χ2n) is 5.95. The van der Waals surface area contributed by atoms with Crippen molar-refractivity contribution < 1.29 is 9.59 Å². The van der Waals surface area contributed by atoms with Crippen LogP contribution in [0.1, 0.15) is 29.6 Å². The molecule has 0 aromatic heterocycles. The first-order valence-electron chi connectivity index (χ1n) is 8.20. The molecule has 0 spiro atoms. The molecule has 1 aliphatic rings. The van der Waals surface area contributed by atoms with Gasteiger partial charge in [0, 0.05) is 29.4 Å². The third-order valence-corrected chi connectivity index (χ3v) is 4.03. The Balaban J connectivity index is 1.59. The van der Waals surface area contributed by atoms with Crippen LogP contribution in [0.15, 0.2) is 54.6 Å². The van der Waals surface area contributed by atoms with Crippen LogP contribution in [0.4, 0.5) is 11.4 Å². The van der Waals surface area contributed by atoms with E-state index >= 15 is 0 Å². The van der Waals surface area contributed by atoms with Gasteiger partial charge in [-0.15, -0.1) is 0 Å². The number of carbonyl (C=O) groups excluding carboxylic acids is 2. The molecule has 1 heterocycles. The molecule has 2 aromatic carbocycles. The van der Waals surface area contributed by atoms with Crippen molar-refractivity contribution in [3.63, 3.8) is 0 Å². The van der Waals surface area contributed by atoms with Crippen LogP contribution < -0.4 is 16.0 Å². The lowest BCUT2D eigenvalue weighted by molar-refractivity contribution is -0.116. The van der Waals surface area contributed by atoms with Crippen LogP contribution in [0.25, 0.3) is 0 Å². The first-order chi connectivity index (χ1) is 11.7. The maximum absolute atomic E-state index is 12.2. The zero-order chi connectivity index (χ0) is 16.8. The van der Waals surface area contributed by atoms with E-state index in [-0.39, 0.29) is 17.9 Å². The Morgan fingerprint density at radius 1 is 1.00 bits per heavy atom. The van der Waals surface area contributed by atoms with E-state index in [0.717, 1.165) is 19.4 Å². The predicted octanol–water partition coefficient (Wildman–Crippen LogP) is 3.02. The standard InChI is InChI=1S/C19H21N3O2/c23-18(13-15-10-5-11-20-15)21-16-8-4-9-17(12-16)22-19(24)14-6-2-1-3-7-14/h1-4,6-9,12,15,20H,5,10-11,13H2,(H,21,23)(H,22,24). The SMILES string of the molecule is O=C(CC1CCCN1)Nc1cccc(NC(=O)c2ccccc2)c1. The molecule has 24 heavy (non-hydrogen) atoms. The van der Waals surface area contributed by atoms with E-state index in [1.165, 1.54) is 0 Å². The van der Waals surface area contributed by atoms with E-state index in [9.17, 15) is 9.59 Å². The molecule has 1 saturated heterocycles. The molecule has 0 aliphatic carbocycles. The van der Waals surface area contributed by atoms with Crippen LogP contribution >= 0.6 is 0 Å². The molecule has 1 aliphatic heterocycles. The van der Waals surface area contributed by atoms with Crippen LogP contribution in [-0.4, -0.2) is 24.4 Å². The van der Waals surface area contributed by atoms with Crippen molar-refractivity contribution in [1.82, 2.24) is 5.32 Å². The van der Waals surface area contributed by atoms with Crippen molar-refractivity contribution in [3.8, 4) is 0 Å². The van der Waals surface area contributed by atoms with Gasteiger partial charge >= 0.3 is 0 Å². The molecule has 5 nitrogen and oxygen atoms in total. The Morgan fingerprint density at radius 3 is 2.46 bits per heavy atom. The highest BCUT2D eigenvalue weighted by Crippen LogP contribution is 2.17. The number of rotatable bonds is 5. The molecule has 3 rings (SSSR count). The van der Waals surface area contributed by atoms with Gasteiger partial charge in [-0.3, -0.25) is 9.59 Å². The number of hydrogen-bond donors (Lipinski definition) is 3. The van der Waals surface area contributed by atoms with Gasteiger partial charge in [-0.25, -0.2) is 0 Å². The molecule has 0 radical (unpaired) electrons. The Bertz CT molecular complexity index is 710. The van der Waals surface area contributed by atoms with Gasteiger partial charge in [0.15, 0.2) is 0 Å². The third kappa shape index (κ3) is 4.43. The number of hydrogen-bond acceptors (Lipinski definition) is 3. The average molecular weight is 323 g/mol. The third-order valence-electron chi connectivity index (χ3n) is 4.03. The van der Waals surface area contributed by atoms with E-state index in [1.807, 2.05) is 30.3 Å². The molecule has 1 fully saturated rings. The van der Waals surface area contributed by atoms with E-state index in [0.29, 0.717) is 23.4 Å². The summed E-state index contributed by atoms with van der Waals surface area (Å²) < 4.78 is 0. The highest BCUT2D eigenvalue weighted by Gasteiger charge is 2.17. The predicted molar refractivity (Wildman–Crippen MR) is 95.1 cm³/mol. The zero-order valence-electron chi connectivity index (χ0n) is 13.4. The monoisotopic (exact) mass is 323 g/mol. The van der Waals surface area contributed by atoms with E-state index in [2.05, 4.69) is 16.0 Å². The Hall–Kier alpha value is -2.66. The molecule has 5 heteroatoms. The summed E-state index contributed by atoms with van der Waals surface area (Å²) in [6.45, 7) is 0.985. The first-order valence-corrected chi connectivity index (χ1v) is 8.20. The molecule has 2 aromatic rings. The summed E-state index contributed by atoms with van der Waals surface area (Å²) in [5.74, 6) is -0.185. The van der Waals surface area contributed by atoms with Gasteiger partial charge in [-0.1, -0.05) is 24.3 Å². The maximum atomic E-state index is 12.2. The van der Waals surface area contributed by atoms with Crippen LogP contribution in [0.3, 0.4) is 0 Å². The van der Waals surface area contributed by atoms with Gasteiger partial charge in [0.2, 0.25) is 5.91 Å². The van der Waals surface area contributed by atoms with Crippen molar-refractivity contribution >= 4 is 23.2 Å². The summed E-state index contributed by atoms with van der Waals surface area (Å²) in [6, 6.07) is 16.5. The molecule has 1 unspecified atom stereocenters. The number of nitrogens with one attached hydrogen (secondary N) is 3. The number of anilines is 2. The molecular formula is C19H21N3O2. The quantitative estimate of drug-likeness (QED) is 0.792. The second-order valence-corrected chi connectivity index (χ2v) is 5.95. The van der Waals surface area contributed by atoms with Crippen molar-refractivity contribution in [2.24, 2.45) is 0 Å². The van der Waals surface area contributed by atoms with Gasteiger partial charge < -0.3 is 16.0 Å². The lowest BCUT2D eigenvalue weighted by Gasteiger charge is -2.11. The summed E-state index contributed by atoms with van der Waals surface area (Å²) in [6.07, 6.45) is 2.64. The largest absolute Gasteiger partial charge is 0.326 e. The fourth-order valence-corrected chi connectivity index (χ4v) is 2.83. The van der Waals surface area contributed by atoms with Crippen molar-refractivity contribution in [2.75, 3.05) is 17.2 Å². The second kappa shape index (κ2) is 7.75. The maximum Gasteiger partial charge on any atom is 0.255 e. The summed E-state index contributed by atoms with van der Waals surface area (Å²) >= 11 is 0. The molecule has 124 valence electrons. The number of carbonyl (C=O) groups is 2. The Kier molecular flexibility index (Phi) is 5.23. The summed E-state index contributed by atoms with van der Waals surface area (Å²) in [5, 5.41) is 9.05. The smallest absolute Gasteiger partial charge is 0.255 e. The number of amides is 2. The zero-order valence-corrected chi connectivity index (χ0v) is 13.4. The summed E-state index contributed by atoms with van der Waals surface area (Å²) in [4.78, 5) is 24.3. The van der Waals surface area contributed by atoms with Crippen LogP contribution in [-0.2, 0) is 4.79 Å². The minimum absolute atomic E-state index is 0.0130. The average Bonchev–Trinajstić information content (AvgIpc) is 3.08. The highest BCUT2D eigenvalue weighted by atomic mass is 16.2. The van der Waals surface area contributed by atoms with Gasteiger partial charge in [0.1, 0.15) is 0 Å². The topological polar surface area (TPSA) is 70.2 Å².